The van der Waals surface area contributed by atoms with Crippen LogP contribution >= 0.6 is 0 Å². The van der Waals surface area contributed by atoms with E-state index >= 15 is 0 Å². The van der Waals surface area contributed by atoms with Crippen LogP contribution in [0.25, 0.3) is 0 Å². The third-order valence-corrected chi connectivity index (χ3v) is 3.78. The Hall–Kier alpha value is -0.160. The molecule has 0 aromatic rings. The van der Waals surface area contributed by atoms with E-state index < -0.39 is 11.4 Å². The summed E-state index contributed by atoms with van der Waals surface area (Å²) in [5.41, 5.74) is -0.627. The normalized spacial score (nSPS) is 29.4. The zero-order chi connectivity index (χ0) is 11.6. The lowest BCUT2D eigenvalue weighted by atomic mass is 9.78. The predicted molar refractivity (Wildman–Crippen MR) is 59.0 cm³/mol. The van der Waals surface area contributed by atoms with Crippen molar-refractivity contribution in [3.63, 3.8) is 0 Å². The summed E-state index contributed by atoms with van der Waals surface area (Å²) in [7, 11) is 0. The molecule has 2 rings (SSSR count). The molecule has 0 amide bonds. The second kappa shape index (κ2) is 4.61. The Bertz CT molecular complexity index is 223. The number of aliphatic hydroxyl groups is 2. The molecule has 1 unspecified atom stereocenters. The van der Waals surface area contributed by atoms with Crippen LogP contribution in [0.5, 0.6) is 0 Å². The summed E-state index contributed by atoms with van der Waals surface area (Å²) in [5, 5.41) is 19.6. The van der Waals surface area contributed by atoms with E-state index in [1.54, 1.807) is 6.92 Å². The Morgan fingerprint density at radius 1 is 1.12 bits per heavy atom. The van der Waals surface area contributed by atoms with Gasteiger partial charge in [0.15, 0.2) is 5.79 Å². The molecule has 1 heterocycles. The lowest BCUT2D eigenvalue weighted by Gasteiger charge is -2.40. The molecule has 1 aliphatic carbocycles. The van der Waals surface area contributed by atoms with Gasteiger partial charge in [-0.25, -0.2) is 0 Å². The van der Waals surface area contributed by atoms with Crippen LogP contribution in [0.2, 0.25) is 0 Å². The van der Waals surface area contributed by atoms with E-state index in [2.05, 4.69) is 0 Å². The Morgan fingerprint density at radius 3 is 2.19 bits per heavy atom. The minimum atomic E-state index is -0.627. The van der Waals surface area contributed by atoms with Gasteiger partial charge in [0.1, 0.15) is 0 Å². The van der Waals surface area contributed by atoms with Crippen molar-refractivity contribution < 1.29 is 19.7 Å². The van der Waals surface area contributed by atoms with Gasteiger partial charge in [-0.2, -0.15) is 0 Å². The van der Waals surface area contributed by atoms with Crippen LogP contribution in [-0.4, -0.2) is 40.9 Å². The average Bonchev–Trinajstić information content (AvgIpc) is 2.70. The van der Waals surface area contributed by atoms with E-state index in [4.69, 9.17) is 9.47 Å². The van der Waals surface area contributed by atoms with E-state index in [1.165, 1.54) is 0 Å². The van der Waals surface area contributed by atoms with E-state index in [-0.39, 0.29) is 6.10 Å². The number of ether oxygens (including phenoxy) is 2. The summed E-state index contributed by atoms with van der Waals surface area (Å²) in [6.45, 7) is 3.11. The summed E-state index contributed by atoms with van der Waals surface area (Å²) in [6.07, 6.45) is 3.94. The van der Waals surface area contributed by atoms with E-state index in [0.717, 1.165) is 12.8 Å². The zero-order valence-corrected chi connectivity index (χ0v) is 9.95. The molecule has 2 aliphatic rings. The molecule has 4 heteroatoms. The highest BCUT2D eigenvalue weighted by atomic mass is 16.7. The molecule has 4 nitrogen and oxygen atoms in total. The summed E-state index contributed by atoms with van der Waals surface area (Å²) in [4.78, 5) is 0. The standard InChI is InChI=1S/C12H22O4/c1-10(13)2-3-11(14)4-6-12(7-5-11)15-8-9-16-12/h10,13-14H,2-9H2,1H3. The fraction of sp³-hybridized carbons (Fsp3) is 1.00. The molecule has 1 saturated heterocycles. The SMILES string of the molecule is CC(O)CCC1(O)CCC2(CC1)OCCO2. The van der Waals surface area contributed by atoms with E-state index in [1.807, 2.05) is 0 Å². The van der Waals surface area contributed by atoms with E-state index in [0.29, 0.717) is 38.9 Å². The lowest BCUT2D eigenvalue weighted by Crippen LogP contribution is -2.43. The maximum absolute atomic E-state index is 10.3. The van der Waals surface area contributed by atoms with Crippen molar-refractivity contribution in [1.29, 1.82) is 0 Å². The van der Waals surface area contributed by atoms with Crippen LogP contribution in [-0.2, 0) is 9.47 Å². The monoisotopic (exact) mass is 230 g/mol. The van der Waals surface area contributed by atoms with Crippen molar-refractivity contribution in [1.82, 2.24) is 0 Å². The molecular formula is C12H22O4. The summed E-state index contributed by atoms with van der Waals surface area (Å²) >= 11 is 0. The smallest absolute Gasteiger partial charge is 0.168 e. The molecular weight excluding hydrogens is 208 g/mol. The van der Waals surface area contributed by atoms with Gasteiger partial charge >= 0.3 is 0 Å². The molecule has 16 heavy (non-hydrogen) atoms. The third kappa shape index (κ3) is 2.74. The second-order valence-electron chi connectivity index (χ2n) is 5.22. The van der Waals surface area contributed by atoms with Crippen LogP contribution in [0.1, 0.15) is 45.4 Å². The molecule has 2 fully saturated rings. The number of hydrogen-bond acceptors (Lipinski definition) is 4. The second-order valence-corrected chi connectivity index (χ2v) is 5.22. The van der Waals surface area contributed by atoms with Crippen molar-refractivity contribution in [2.75, 3.05) is 13.2 Å². The van der Waals surface area contributed by atoms with Crippen LogP contribution in [0, 0.1) is 0 Å². The van der Waals surface area contributed by atoms with Crippen LogP contribution < -0.4 is 0 Å². The first-order valence-electron chi connectivity index (χ1n) is 6.22. The van der Waals surface area contributed by atoms with Crippen molar-refractivity contribution in [3.05, 3.63) is 0 Å². The molecule has 2 N–H and O–H groups in total. The van der Waals surface area contributed by atoms with Crippen molar-refractivity contribution >= 4 is 0 Å². The van der Waals surface area contributed by atoms with E-state index in [9.17, 15) is 10.2 Å². The Balaban J connectivity index is 1.83. The summed E-state index contributed by atoms with van der Waals surface area (Å²) in [5.74, 6) is -0.406. The number of rotatable bonds is 3. The first-order valence-corrected chi connectivity index (χ1v) is 6.22. The van der Waals surface area contributed by atoms with Gasteiger partial charge in [0.2, 0.25) is 0 Å². The lowest BCUT2D eigenvalue weighted by molar-refractivity contribution is -0.203. The van der Waals surface area contributed by atoms with Gasteiger partial charge in [0.25, 0.3) is 0 Å². The average molecular weight is 230 g/mol. The maximum atomic E-state index is 10.3. The van der Waals surface area contributed by atoms with Crippen molar-refractivity contribution in [2.45, 2.75) is 62.9 Å². The van der Waals surface area contributed by atoms with Gasteiger partial charge in [-0.1, -0.05) is 0 Å². The van der Waals surface area contributed by atoms with Gasteiger partial charge in [0.05, 0.1) is 24.9 Å². The summed E-state index contributed by atoms with van der Waals surface area (Å²) in [6, 6.07) is 0. The molecule has 1 saturated carbocycles. The molecule has 0 radical (unpaired) electrons. The maximum Gasteiger partial charge on any atom is 0.168 e. The molecule has 0 bridgehead atoms. The van der Waals surface area contributed by atoms with Crippen molar-refractivity contribution in [3.8, 4) is 0 Å². The topological polar surface area (TPSA) is 58.9 Å². The minimum Gasteiger partial charge on any atom is -0.393 e. The van der Waals surface area contributed by atoms with Crippen molar-refractivity contribution in [2.24, 2.45) is 0 Å². The molecule has 1 atom stereocenters. The van der Waals surface area contributed by atoms with Gasteiger partial charge in [0, 0.05) is 12.8 Å². The Morgan fingerprint density at radius 2 is 1.69 bits per heavy atom. The highest BCUT2D eigenvalue weighted by Crippen LogP contribution is 2.42. The third-order valence-electron chi connectivity index (χ3n) is 3.78. The fourth-order valence-electron chi connectivity index (χ4n) is 2.61. The molecule has 0 aromatic carbocycles. The molecule has 1 aliphatic heterocycles. The van der Waals surface area contributed by atoms with Gasteiger partial charge in [-0.15, -0.1) is 0 Å². The highest BCUT2D eigenvalue weighted by molar-refractivity contribution is 4.91. The number of aliphatic hydroxyl groups excluding tert-OH is 1. The Kier molecular flexibility index (Phi) is 3.54. The van der Waals surface area contributed by atoms with Gasteiger partial charge in [-0.3, -0.25) is 0 Å². The fourth-order valence-corrected chi connectivity index (χ4v) is 2.61. The highest BCUT2D eigenvalue weighted by Gasteiger charge is 2.45. The minimum absolute atomic E-state index is 0.334. The first-order chi connectivity index (χ1) is 7.54. The molecule has 0 aromatic heterocycles. The predicted octanol–water partition coefficient (Wildman–Crippen LogP) is 1.20. The van der Waals surface area contributed by atoms with Crippen LogP contribution in [0.3, 0.4) is 0 Å². The molecule has 1 spiro atoms. The van der Waals surface area contributed by atoms with Gasteiger partial charge < -0.3 is 19.7 Å². The quantitative estimate of drug-likeness (QED) is 0.764. The Labute approximate surface area is 96.6 Å². The first kappa shape index (κ1) is 12.3. The zero-order valence-electron chi connectivity index (χ0n) is 9.95. The molecule has 94 valence electrons. The van der Waals surface area contributed by atoms with Crippen LogP contribution in [0.15, 0.2) is 0 Å². The van der Waals surface area contributed by atoms with Gasteiger partial charge in [-0.05, 0) is 32.6 Å². The van der Waals surface area contributed by atoms with Crippen LogP contribution in [0.4, 0.5) is 0 Å². The summed E-state index contributed by atoms with van der Waals surface area (Å²) < 4.78 is 11.2. The largest absolute Gasteiger partial charge is 0.393 e. The number of hydrogen-bond donors (Lipinski definition) is 2.